The summed E-state index contributed by atoms with van der Waals surface area (Å²) in [5, 5.41) is 6.77. The summed E-state index contributed by atoms with van der Waals surface area (Å²) in [6.07, 6.45) is 3.75. The Bertz CT molecular complexity index is 1180. The predicted octanol–water partition coefficient (Wildman–Crippen LogP) is 5.43. The average molecular weight is 526 g/mol. The molecule has 1 unspecified atom stereocenters. The van der Waals surface area contributed by atoms with Gasteiger partial charge in [0.1, 0.15) is 17.8 Å². The van der Waals surface area contributed by atoms with Crippen molar-refractivity contribution < 1.29 is 14.2 Å². The summed E-state index contributed by atoms with van der Waals surface area (Å²) in [5.74, 6) is 3.83. The van der Waals surface area contributed by atoms with E-state index in [1.807, 2.05) is 36.4 Å². The van der Waals surface area contributed by atoms with Gasteiger partial charge in [0.25, 0.3) is 0 Å². The Balaban J connectivity index is 1.34. The number of nitrogens with zero attached hydrogens (tertiary/aromatic N) is 3. The Labute approximate surface area is 207 Å². The first kappa shape index (κ1) is 22.7. The summed E-state index contributed by atoms with van der Waals surface area (Å²) in [4.78, 5) is 11.1. The van der Waals surface area contributed by atoms with Gasteiger partial charge in [-0.1, -0.05) is 22.0 Å². The molecule has 2 aliphatic heterocycles. The highest BCUT2D eigenvalue weighted by Gasteiger charge is 2.23. The molecular weight excluding hydrogens is 498 g/mol. The van der Waals surface area contributed by atoms with Gasteiger partial charge in [-0.2, -0.15) is 4.98 Å². The first-order valence-corrected chi connectivity index (χ1v) is 12.2. The number of likely N-dealkylation sites (tertiary alicyclic amines) is 1. The highest BCUT2D eigenvalue weighted by Crippen LogP contribution is 2.42. The lowest BCUT2D eigenvalue weighted by molar-refractivity contribution is 0.262. The maximum Gasteiger partial charge on any atom is 0.248 e. The summed E-state index contributed by atoms with van der Waals surface area (Å²) in [6.45, 7) is 3.50. The van der Waals surface area contributed by atoms with E-state index in [1.54, 1.807) is 7.11 Å². The lowest BCUT2D eigenvalue weighted by atomic mass is 10.1. The molecule has 9 heteroatoms. The van der Waals surface area contributed by atoms with Crippen molar-refractivity contribution in [2.45, 2.75) is 19.4 Å². The SMILES string of the molecule is COc1cc2c(cc1OCCC1CCN(C)C1)CNc1c(Nc3cccc(Br)c3)ncnc1O2. The molecule has 0 saturated carbocycles. The van der Waals surface area contributed by atoms with E-state index in [1.165, 1.54) is 12.7 Å². The molecule has 0 spiro atoms. The number of aromatic nitrogens is 2. The van der Waals surface area contributed by atoms with Crippen molar-refractivity contribution in [1.82, 2.24) is 14.9 Å². The van der Waals surface area contributed by atoms with Crippen LogP contribution in [0, 0.1) is 5.92 Å². The van der Waals surface area contributed by atoms with Gasteiger partial charge in [0.2, 0.25) is 5.88 Å². The lowest BCUT2D eigenvalue weighted by Crippen LogP contribution is -2.15. The Morgan fingerprint density at radius 2 is 2.15 bits per heavy atom. The fourth-order valence-corrected chi connectivity index (χ4v) is 4.78. The molecule has 0 radical (unpaired) electrons. The number of benzene rings is 2. The van der Waals surface area contributed by atoms with Crippen LogP contribution in [-0.4, -0.2) is 48.7 Å². The number of halogens is 1. The number of nitrogens with one attached hydrogen (secondary N) is 2. The number of hydrogen-bond acceptors (Lipinski definition) is 8. The zero-order valence-corrected chi connectivity index (χ0v) is 20.9. The molecule has 3 aromatic rings. The minimum absolute atomic E-state index is 0.451. The molecule has 0 aliphatic carbocycles. The third-order valence-corrected chi connectivity index (χ3v) is 6.67. The number of hydrogen-bond donors (Lipinski definition) is 2. The summed E-state index contributed by atoms with van der Waals surface area (Å²) >= 11 is 3.50. The predicted molar refractivity (Wildman–Crippen MR) is 136 cm³/mol. The lowest BCUT2D eigenvalue weighted by Gasteiger charge is -2.16. The Morgan fingerprint density at radius 1 is 1.24 bits per heavy atom. The van der Waals surface area contributed by atoms with Crippen molar-refractivity contribution in [3.8, 4) is 23.1 Å². The number of ether oxygens (including phenoxy) is 3. The molecule has 3 heterocycles. The van der Waals surface area contributed by atoms with Crippen molar-refractivity contribution in [3.05, 3.63) is 52.8 Å². The fourth-order valence-electron chi connectivity index (χ4n) is 4.38. The van der Waals surface area contributed by atoms with Gasteiger partial charge in [0.05, 0.1) is 13.7 Å². The van der Waals surface area contributed by atoms with Gasteiger partial charge < -0.3 is 29.7 Å². The topological polar surface area (TPSA) is 80.8 Å². The summed E-state index contributed by atoms with van der Waals surface area (Å²) in [6, 6.07) is 11.8. The van der Waals surface area contributed by atoms with Crippen LogP contribution in [0.3, 0.4) is 0 Å². The molecule has 1 fully saturated rings. The van der Waals surface area contributed by atoms with Crippen LogP contribution in [0.2, 0.25) is 0 Å². The Morgan fingerprint density at radius 3 is 2.94 bits per heavy atom. The number of rotatable bonds is 7. The van der Waals surface area contributed by atoms with Crippen LogP contribution in [0.1, 0.15) is 18.4 Å². The fraction of sp³-hybridized carbons (Fsp3) is 0.360. The second-order valence-corrected chi connectivity index (χ2v) is 9.57. The Kier molecular flexibility index (Phi) is 6.73. The normalized spacial score (nSPS) is 17.1. The standard InChI is InChI=1S/C25H28BrN5O3/c1-31-8-6-16(14-31)7-9-33-22-10-17-13-27-23-24(30-19-5-3-4-18(26)11-19)28-15-29-25(23)34-20(17)12-21(22)32-2/h3-5,10-12,15-16,27H,6-9,13-14H2,1-2H3,(H,28,29,30). The maximum atomic E-state index is 6.20. The van der Waals surface area contributed by atoms with Gasteiger partial charge >= 0.3 is 0 Å². The quantitative estimate of drug-likeness (QED) is 0.422. The minimum Gasteiger partial charge on any atom is -0.493 e. The summed E-state index contributed by atoms with van der Waals surface area (Å²) in [7, 11) is 3.82. The monoisotopic (exact) mass is 525 g/mol. The van der Waals surface area contributed by atoms with E-state index < -0.39 is 0 Å². The summed E-state index contributed by atoms with van der Waals surface area (Å²) < 4.78 is 18.9. The van der Waals surface area contributed by atoms with Crippen LogP contribution >= 0.6 is 15.9 Å². The van der Waals surface area contributed by atoms with Gasteiger partial charge in [0.15, 0.2) is 17.3 Å². The van der Waals surface area contributed by atoms with Gasteiger partial charge in [0, 0.05) is 34.9 Å². The second kappa shape index (κ2) is 10.1. The van der Waals surface area contributed by atoms with Crippen LogP contribution in [0.4, 0.5) is 17.2 Å². The molecular formula is C25H28BrN5O3. The van der Waals surface area contributed by atoms with E-state index in [9.17, 15) is 0 Å². The van der Waals surface area contributed by atoms with Gasteiger partial charge in [-0.05, 0) is 56.6 Å². The molecule has 34 heavy (non-hydrogen) atoms. The molecule has 178 valence electrons. The van der Waals surface area contributed by atoms with Crippen LogP contribution in [0.5, 0.6) is 23.1 Å². The number of anilines is 3. The largest absolute Gasteiger partial charge is 0.493 e. The van der Waals surface area contributed by atoms with Gasteiger partial charge in [-0.15, -0.1) is 0 Å². The molecule has 2 aromatic carbocycles. The van der Waals surface area contributed by atoms with E-state index in [2.05, 4.69) is 48.5 Å². The van der Waals surface area contributed by atoms with E-state index >= 15 is 0 Å². The third-order valence-electron chi connectivity index (χ3n) is 6.18. The molecule has 0 bridgehead atoms. The minimum atomic E-state index is 0.451. The van der Waals surface area contributed by atoms with Crippen molar-refractivity contribution >= 4 is 33.1 Å². The van der Waals surface area contributed by atoms with E-state index in [0.717, 1.165) is 41.0 Å². The first-order chi connectivity index (χ1) is 16.6. The maximum absolute atomic E-state index is 6.20. The van der Waals surface area contributed by atoms with Crippen molar-refractivity contribution in [2.75, 3.05) is 44.5 Å². The van der Waals surface area contributed by atoms with Crippen LogP contribution in [-0.2, 0) is 6.54 Å². The average Bonchev–Trinajstić information content (AvgIpc) is 3.14. The van der Waals surface area contributed by atoms with E-state index in [4.69, 9.17) is 14.2 Å². The second-order valence-electron chi connectivity index (χ2n) is 8.66. The van der Waals surface area contributed by atoms with Crippen molar-refractivity contribution in [1.29, 1.82) is 0 Å². The highest BCUT2D eigenvalue weighted by molar-refractivity contribution is 9.10. The zero-order valence-electron chi connectivity index (χ0n) is 19.3. The van der Waals surface area contributed by atoms with Crippen LogP contribution in [0.25, 0.3) is 0 Å². The van der Waals surface area contributed by atoms with E-state index in [-0.39, 0.29) is 0 Å². The van der Waals surface area contributed by atoms with Crippen LogP contribution in [0.15, 0.2) is 47.2 Å². The van der Waals surface area contributed by atoms with Gasteiger partial charge in [-0.3, -0.25) is 0 Å². The molecule has 2 aliphatic rings. The molecule has 1 saturated heterocycles. The molecule has 5 rings (SSSR count). The smallest absolute Gasteiger partial charge is 0.248 e. The van der Waals surface area contributed by atoms with Crippen molar-refractivity contribution in [3.63, 3.8) is 0 Å². The molecule has 8 nitrogen and oxygen atoms in total. The highest BCUT2D eigenvalue weighted by atomic mass is 79.9. The summed E-state index contributed by atoms with van der Waals surface area (Å²) in [5.41, 5.74) is 2.57. The van der Waals surface area contributed by atoms with Crippen LogP contribution < -0.4 is 24.8 Å². The van der Waals surface area contributed by atoms with E-state index in [0.29, 0.717) is 48.0 Å². The number of methoxy groups -OCH3 is 1. The first-order valence-electron chi connectivity index (χ1n) is 11.4. The molecule has 0 amide bonds. The zero-order chi connectivity index (χ0) is 23.5. The molecule has 2 N–H and O–H groups in total. The molecule has 1 atom stereocenters. The van der Waals surface area contributed by atoms with Crippen molar-refractivity contribution in [2.24, 2.45) is 5.92 Å². The molecule has 1 aromatic heterocycles. The number of fused-ring (bicyclic) bond motifs is 2. The Hall–Kier alpha value is -3.04. The van der Waals surface area contributed by atoms with Gasteiger partial charge in [-0.25, -0.2) is 4.98 Å². The third kappa shape index (κ3) is 5.05.